The van der Waals surface area contributed by atoms with Gasteiger partial charge in [-0.15, -0.1) is 0 Å². The molecule has 1 aliphatic heterocycles. The molecule has 1 saturated heterocycles. The highest BCUT2D eigenvalue weighted by atomic mass is 35.5. The lowest BCUT2D eigenvalue weighted by molar-refractivity contribution is -0.0228. The molecule has 0 aliphatic carbocycles. The van der Waals surface area contributed by atoms with E-state index in [0.29, 0.717) is 35.3 Å². The van der Waals surface area contributed by atoms with Crippen molar-refractivity contribution in [1.29, 1.82) is 0 Å². The molecule has 1 fully saturated rings. The van der Waals surface area contributed by atoms with Crippen molar-refractivity contribution in [3.8, 4) is 5.75 Å². The molecule has 0 saturated carbocycles. The van der Waals surface area contributed by atoms with Crippen LogP contribution < -0.4 is 4.74 Å². The molecule has 6 heteroatoms. The van der Waals surface area contributed by atoms with Crippen LogP contribution in [0, 0.1) is 0 Å². The Kier molecular flexibility index (Phi) is 5.29. The minimum Gasteiger partial charge on any atom is -0.497 e. The second-order valence-corrected chi connectivity index (χ2v) is 6.41. The van der Waals surface area contributed by atoms with Crippen LogP contribution in [0.25, 0.3) is 0 Å². The monoisotopic (exact) mass is 365 g/mol. The van der Waals surface area contributed by atoms with Crippen LogP contribution in [0.3, 0.4) is 0 Å². The second-order valence-electron chi connectivity index (χ2n) is 5.54. The molecule has 2 aromatic carbocycles. The number of rotatable bonds is 3. The molecule has 0 bridgehead atoms. The van der Waals surface area contributed by atoms with Crippen molar-refractivity contribution >= 4 is 29.1 Å². The van der Waals surface area contributed by atoms with Crippen LogP contribution in [0.5, 0.6) is 5.75 Å². The highest BCUT2D eigenvalue weighted by Gasteiger charge is 2.26. The zero-order chi connectivity index (χ0) is 17.1. The maximum atomic E-state index is 12.7. The van der Waals surface area contributed by atoms with Gasteiger partial charge in [0.15, 0.2) is 0 Å². The van der Waals surface area contributed by atoms with E-state index in [4.69, 9.17) is 32.7 Å². The zero-order valence-corrected chi connectivity index (χ0v) is 14.7. The zero-order valence-electron chi connectivity index (χ0n) is 13.2. The van der Waals surface area contributed by atoms with Gasteiger partial charge in [0, 0.05) is 22.2 Å². The van der Waals surface area contributed by atoms with Crippen molar-refractivity contribution in [2.75, 3.05) is 26.8 Å². The molecule has 0 aromatic heterocycles. The molecule has 3 rings (SSSR count). The van der Waals surface area contributed by atoms with Gasteiger partial charge in [-0.25, -0.2) is 0 Å². The first-order chi connectivity index (χ1) is 11.6. The lowest BCUT2D eigenvalue weighted by Gasteiger charge is -2.33. The van der Waals surface area contributed by atoms with Gasteiger partial charge in [-0.05, 0) is 48.0 Å². The van der Waals surface area contributed by atoms with Crippen LogP contribution in [0.4, 0.5) is 0 Å². The minimum absolute atomic E-state index is 0.0286. The van der Waals surface area contributed by atoms with Crippen LogP contribution >= 0.6 is 23.2 Å². The number of amides is 1. The lowest BCUT2D eigenvalue weighted by Crippen LogP contribution is -2.42. The van der Waals surface area contributed by atoms with Crippen LogP contribution in [0.1, 0.15) is 22.0 Å². The number of methoxy groups -OCH3 is 1. The van der Waals surface area contributed by atoms with Crippen molar-refractivity contribution in [1.82, 2.24) is 4.90 Å². The van der Waals surface area contributed by atoms with Gasteiger partial charge in [-0.3, -0.25) is 4.79 Å². The minimum atomic E-state index is -0.239. The maximum Gasteiger partial charge on any atom is 0.254 e. The van der Waals surface area contributed by atoms with E-state index in [-0.39, 0.29) is 12.0 Å². The first kappa shape index (κ1) is 17.1. The number of hydrogen-bond donors (Lipinski definition) is 0. The number of hydrogen-bond acceptors (Lipinski definition) is 3. The smallest absolute Gasteiger partial charge is 0.254 e. The summed E-state index contributed by atoms with van der Waals surface area (Å²) in [7, 11) is 1.60. The van der Waals surface area contributed by atoms with E-state index < -0.39 is 0 Å². The van der Waals surface area contributed by atoms with Gasteiger partial charge in [0.2, 0.25) is 0 Å². The van der Waals surface area contributed by atoms with Crippen LogP contribution in [-0.4, -0.2) is 37.6 Å². The number of halogens is 2. The van der Waals surface area contributed by atoms with E-state index in [9.17, 15) is 4.79 Å². The fraction of sp³-hybridized carbons (Fsp3) is 0.278. The summed E-state index contributed by atoms with van der Waals surface area (Å²) >= 11 is 12.1. The number of nitrogens with zero attached hydrogens (tertiary/aromatic N) is 1. The van der Waals surface area contributed by atoms with Gasteiger partial charge in [-0.1, -0.05) is 23.2 Å². The van der Waals surface area contributed by atoms with Gasteiger partial charge in [0.25, 0.3) is 5.91 Å². The predicted octanol–water partition coefficient (Wildman–Crippen LogP) is 4.22. The standard InChI is InChI=1S/C18H17Cl2NO3/c1-23-16-4-2-12(3-5-16)18(22)21-6-7-24-17(11-21)13-8-14(19)10-15(20)9-13/h2-5,8-10,17H,6-7,11H2,1H3. The van der Waals surface area contributed by atoms with E-state index in [1.54, 1.807) is 42.3 Å². The average Bonchev–Trinajstić information content (AvgIpc) is 2.60. The number of benzene rings is 2. The topological polar surface area (TPSA) is 38.8 Å². The first-order valence-corrected chi connectivity index (χ1v) is 8.33. The Morgan fingerprint density at radius 3 is 2.46 bits per heavy atom. The second kappa shape index (κ2) is 7.43. The van der Waals surface area contributed by atoms with E-state index >= 15 is 0 Å². The van der Waals surface area contributed by atoms with Gasteiger partial charge >= 0.3 is 0 Å². The van der Waals surface area contributed by atoms with Gasteiger partial charge in [0.05, 0.1) is 20.3 Å². The highest BCUT2D eigenvalue weighted by Crippen LogP contribution is 2.28. The lowest BCUT2D eigenvalue weighted by atomic mass is 10.1. The van der Waals surface area contributed by atoms with Gasteiger partial charge in [-0.2, -0.15) is 0 Å². The summed E-state index contributed by atoms with van der Waals surface area (Å²) in [4.78, 5) is 14.5. The molecule has 126 valence electrons. The van der Waals surface area contributed by atoms with E-state index in [2.05, 4.69) is 0 Å². The molecule has 1 unspecified atom stereocenters. The Morgan fingerprint density at radius 2 is 1.83 bits per heavy atom. The van der Waals surface area contributed by atoms with Gasteiger partial charge in [0.1, 0.15) is 11.9 Å². The molecule has 1 atom stereocenters. The Bertz CT molecular complexity index is 713. The number of morpholine rings is 1. The summed E-state index contributed by atoms with van der Waals surface area (Å²) in [6, 6.07) is 12.4. The summed E-state index contributed by atoms with van der Waals surface area (Å²) in [6.45, 7) is 1.48. The van der Waals surface area contributed by atoms with E-state index in [1.165, 1.54) is 0 Å². The molecule has 2 aromatic rings. The SMILES string of the molecule is COc1ccc(C(=O)N2CCOC(c3cc(Cl)cc(Cl)c3)C2)cc1. The summed E-state index contributed by atoms with van der Waals surface area (Å²) in [5.74, 6) is 0.694. The third-order valence-electron chi connectivity index (χ3n) is 3.95. The largest absolute Gasteiger partial charge is 0.497 e. The molecular weight excluding hydrogens is 349 g/mol. The molecule has 4 nitrogen and oxygen atoms in total. The van der Waals surface area contributed by atoms with Crippen molar-refractivity contribution in [2.45, 2.75) is 6.10 Å². The molecule has 0 N–H and O–H groups in total. The normalized spacial score (nSPS) is 17.6. The molecule has 1 heterocycles. The molecule has 1 aliphatic rings. The van der Waals surface area contributed by atoms with Crippen molar-refractivity contribution in [2.24, 2.45) is 0 Å². The fourth-order valence-electron chi connectivity index (χ4n) is 2.71. The molecule has 0 spiro atoms. The number of carbonyl (C=O) groups is 1. The van der Waals surface area contributed by atoms with Crippen molar-refractivity contribution in [3.63, 3.8) is 0 Å². The molecule has 0 radical (unpaired) electrons. The van der Waals surface area contributed by atoms with Crippen LogP contribution in [-0.2, 0) is 4.74 Å². The van der Waals surface area contributed by atoms with Crippen molar-refractivity contribution in [3.05, 3.63) is 63.6 Å². The van der Waals surface area contributed by atoms with Crippen LogP contribution in [0.2, 0.25) is 10.0 Å². The summed E-state index contributed by atoms with van der Waals surface area (Å²) in [6.07, 6.45) is -0.239. The molecule has 1 amide bonds. The fourth-order valence-corrected chi connectivity index (χ4v) is 3.26. The summed E-state index contributed by atoms with van der Waals surface area (Å²) < 4.78 is 10.9. The summed E-state index contributed by atoms with van der Waals surface area (Å²) in [5.41, 5.74) is 1.50. The Hall–Kier alpha value is -1.75. The van der Waals surface area contributed by atoms with E-state index in [0.717, 1.165) is 11.3 Å². The third-order valence-corrected chi connectivity index (χ3v) is 4.38. The van der Waals surface area contributed by atoms with E-state index in [1.807, 2.05) is 12.1 Å². The average molecular weight is 366 g/mol. The highest BCUT2D eigenvalue weighted by molar-refractivity contribution is 6.34. The first-order valence-electron chi connectivity index (χ1n) is 7.58. The quantitative estimate of drug-likeness (QED) is 0.817. The van der Waals surface area contributed by atoms with Crippen LogP contribution in [0.15, 0.2) is 42.5 Å². The predicted molar refractivity (Wildman–Crippen MR) is 94.1 cm³/mol. The Labute approximate surface area is 150 Å². The summed E-state index contributed by atoms with van der Waals surface area (Å²) in [5, 5.41) is 1.11. The third kappa shape index (κ3) is 3.83. The maximum absolute atomic E-state index is 12.7. The van der Waals surface area contributed by atoms with Crippen molar-refractivity contribution < 1.29 is 14.3 Å². The number of carbonyl (C=O) groups excluding carboxylic acids is 1. The van der Waals surface area contributed by atoms with Gasteiger partial charge < -0.3 is 14.4 Å². The Morgan fingerprint density at radius 1 is 1.17 bits per heavy atom. The Balaban J connectivity index is 1.75. The molecular formula is C18H17Cl2NO3. The molecule has 24 heavy (non-hydrogen) atoms. The number of ether oxygens (including phenoxy) is 2.